The van der Waals surface area contributed by atoms with E-state index in [2.05, 4.69) is 49.2 Å². The quantitative estimate of drug-likeness (QED) is 0.281. The topological polar surface area (TPSA) is 144 Å². The first kappa shape index (κ1) is 31.9. The summed E-state index contributed by atoms with van der Waals surface area (Å²) < 4.78 is -1.07. The standard InChI is InChI=1S/C10H24N2O2Si2.C9H22N2O2Si2/c1-15(2,3)11-9(13)7-8-10(14)12-16(4,5)6;1-14(2,3)9(7(10)12,8(11)13)15(4,5)6/h7-8H2,1-6H3,(H,11,13)(H,12,14);1-6H3,(H2,10,12)(H2,11,13). The van der Waals surface area contributed by atoms with Crippen LogP contribution in [0.3, 0.4) is 0 Å². The van der Waals surface area contributed by atoms with Gasteiger partial charge in [0.25, 0.3) is 0 Å². The number of nitrogens with two attached hydrogens (primary N) is 2. The summed E-state index contributed by atoms with van der Waals surface area (Å²) in [6, 6.07) is 0. The summed E-state index contributed by atoms with van der Waals surface area (Å²) in [6.07, 6.45) is 0.584. The maximum Gasteiger partial charge on any atom is 0.227 e. The van der Waals surface area contributed by atoms with Crippen molar-refractivity contribution in [1.82, 2.24) is 9.96 Å². The first-order valence-corrected chi connectivity index (χ1v) is 24.6. The molecule has 0 aromatic heterocycles. The minimum absolute atomic E-state index is 0.00936. The lowest BCUT2D eigenvalue weighted by Crippen LogP contribution is -2.66. The molecule has 8 nitrogen and oxygen atoms in total. The summed E-state index contributed by atoms with van der Waals surface area (Å²) in [4.78, 5) is 52.4. The van der Waals surface area contributed by atoms with Gasteiger partial charge in [-0.05, 0) is 0 Å². The highest BCUT2D eigenvalue weighted by molar-refractivity contribution is 7.06. The lowest BCUT2D eigenvalue weighted by molar-refractivity contribution is -0.128. The zero-order valence-corrected chi connectivity index (χ0v) is 25.7. The van der Waals surface area contributed by atoms with Crippen molar-refractivity contribution >= 4 is 56.2 Å². The van der Waals surface area contributed by atoms with Crippen LogP contribution in [-0.2, 0) is 19.2 Å². The van der Waals surface area contributed by atoms with Crippen LogP contribution >= 0.6 is 0 Å². The Kier molecular flexibility index (Phi) is 11.4. The van der Waals surface area contributed by atoms with Crippen molar-refractivity contribution in [1.29, 1.82) is 0 Å². The molecule has 0 saturated carbocycles. The molecule has 4 amide bonds. The van der Waals surface area contributed by atoms with E-state index in [-0.39, 0.29) is 11.8 Å². The van der Waals surface area contributed by atoms with Gasteiger partial charge in [0.05, 0.1) is 16.1 Å². The van der Waals surface area contributed by atoms with Crippen LogP contribution in [0.2, 0.25) is 83.2 Å². The lowest BCUT2D eigenvalue weighted by Gasteiger charge is -2.46. The molecule has 0 fully saturated rings. The van der Waals surface area contributed by atoms with Gasteiger partial charge in [0.2, 0.25) is 23.6 Å². The SMILES string of the molecule is C[Si](C)(C)C(C(N)=O)(C(N)=O)[Si](C)(C)C.C[Si](C)(C)NC(=O)CCC(=O)N[Si](C)(C)C. The Morgan fingerprint density at radius 3 is 0.903 bits per heavy atom. The van der Waals surface area contributed by atoms with E-state index in [0.717, 1.165) is 0 Å². The van der Waals surface area contributed by atoms with Gasteiger partial charge in [-0.25, -0.2) is 0 Å². The zero-order valence-electron chi connectivity index (χ0n) is 21.7. The van der Waals surface area contributed by atoms with E-state index < -0.39 is 49.1 Å². The number of amides is 4. The molecule has 31 heavy (non-hydrogen) atoms. The Bertz CT molecular complexity index is 614. The van der Waals surface area contributed by atoms with Crippen molar-refractivity contribution < 1.29 is 19.2 Å². The number of hydrogen-bond acceptors (Lipinski definition) is 4. The van der Waals surface area contributed by atoms with E-state index in [1.807, 2.05) is 39.3 Å². The van der Waals surface area contributed by atoms with Crippen LogP contribution in [0.15, 0.2) is 0 Å². The third kappa shape index (κ3) is 10.7. The lowest BCUT2D eigenvalue weighted by atomic mass is 10.3. The van der Waals surface area contributed by atoms with E-state index in [1.54, 1.807) is 0 Å². The molecule has 0 rings (SSSR count). The largest absolute Gasteiger partial charge is 0.382 e. The highest BCUT2D eigenvalue weighted by Gasteiger charge is 2.61. The molecule has 0 radical (unpaired) electrons. The predicted molar refractivity (Wildman–Crippen MR) is 140 cm³/mol. The van der Waals surface area contributed by atoms with Crippen LogP contribution in [0.25, 0.3) is 0 Å². The monoisotopic (exact) mass is 506 g/mol. The van der Waals surface area contributed by atoms with E-state index in [1.165, 1.54) is 0 Å². The fraction of sp³-hybridized carbons (Fsp3) is 0.789. The normalized spacial score (nSPS) is 12.9. The molecule has 0 aromatic carbocycles. The molecule has 0 aromatic rings. The third-order valence-electron chi connectivity index (χ3n) is 4.60. The summed E-state index contributed by atoms with van der Waals surface area (Å²) in [5.41, 5.74) is 10.9. The van der Waals surface area contributed by atoms with Crippen LogP contribution in [0.5, 0.6) is 0 Å². The summed E-state index contributed by atoms with van der Waals surface area (Å²) in [5.74, 6) is -1.09. The van der Waals surface area contributed by atoms with Crippen molar-refractivity contribution in [3.8, 4) is 0 Å². The summed E-state index contributed by atoms with van der Waals surface area (Å²) in [5, 5.41) is 0. The molecule has 0 saturated heterocycles. The average Bonchev–Trinajstić information content (AvgIpc) is 2.38. The first-order valence-electron chi connectivity index (χ1n) is 10.6. The second-order valence-electron chi connectivity index (χ2n) is 12.1. The van der Waals surface area contributed by atoms with Gasteiger partial charge < -0.3 is 21.4 Å². The first-order chi connectivity index (χ1) is 13.4. The van der Waals surface area contributed by atoms with Crippen LogP contribution in [-0.4, -0.2) is 56.2 Å². The molecule has 12 heteroatoms. The van der Waals surface area contributed by atoms with Gasteiger partial charge >= 0.3 is 0 Å². The van der Waals surface area contributed by atoms with Gasteiger partial charge in [0, 0.05) is 12.8 Å². The summed E-state index contributed by atoms with van der Waals surface area (Å²) in [7, 11) is -7.30. The zero-order chi connectivity index (χ0) is 25.6. The van der Waals surface area contributed by atoms with Crippen LogP contribution in [0, 0.1) is 0 Å². The highest BCUT2D eigenvalue weighted by atomic mass is 28.4. The predicted octanol–water partition coefficient (Wildman–Crippen LogP) is 2.58. The molecular weight excluding hydrogens is 461 g/mol. The molecule has 0 atom stereocenters. The van der Waals surface area contributed by atoms with Gasteiger partial charge in [-0.1, -0.05) is 78.6 Å². The molecule has 0 bridgehead atoms. The summed E-state index contributed by atoms with van der Waals surface area (Å²) in [6.45, 7) is 24.2. The Hall–Kier alpha value is -1.25. The maximum atomic E-state index is 11.7. The van der Waals surface area contributed by atoms with Crippen molar-refractivity contribution in [3.63, 3.8) is 0 Å². The third-order valence-corrected chi connectivity index (χ3v) is 16.6. The second kappa shape index (κ2) is 11.1. The second-order valence-corrected chi connectivity index (χ2v) is 32.6. The fourth-order valence-electron chi connectivity index (χ4n) is 3.91. The fourth-order valence-corrected chi connectivity index (χ4v) is 17.8. The van der Waals surface area contributed by atoms with Crippen LogP contribution in [0.4, 0.5) is 0 Å². The maximum absolute atomic E-state index is 11.7. The Morgan fingerprint density at radius 2 is 0.806 bits per heavy atom. The smallest absolute Gasteiger partial charge is 0.227 e. The van der Waals surface area contributed by atoms with Crippen molar-refractivity contribution in [3.05, 3.63) is 0 Å². The molecule has 0 aliphatic heterocycles. The molecule has 6 N–H and O–H groups in total. The van der Waals surface area contributed by atoms with Crippen LogP contribution < -0.4 is 21.4 Å². The number of primary amides is 2. The molecule has 0 heterocycles. The Morgan fingerprint density at radius 1 is 0.581 bits per heavy atom. The highest BCUT2D eigenvalue weighted by Crippen LogP contribution is 2.46. The minimum Gasteiger partial charge on any atom is -0.382 e. The Labute approximate surface area is 192 Å². The number of carbonyl (C=O) groups is 4. The molecular formula is C19H46N4O4Si4. The van der Waals surface area contributed by atoms with Gasteiger partial charge in [-0.2, -0.15) is 0 Å². The van der Waals surface area contributed by atoms with E-state index >= 15 is 0 Å². The van der Waals surface area contributed by atoms with Gasteiger partial charge in [0.15, 0.2) is 0 Å². The average molecular weight is 507 g/mol. The molecule has 0 aliphatic carbocycles. The van der Waals surface area contributed by atoms with Crippen molar-refractivity contribution in [2.24, 2.45) is 11.5 Å². The molecule has 0 aliphatic rings. The number of nitrogens with one attached hydrogen (secondary N) is 2. The van der Waals surface area contributed by atoms with Gasteiger partial charge in [-0.3, -0.25) is 19.2 Å². The summed E-state index contributed by atoms with van der Waals surface area (Å²) >= 11 is 0. The van der Waals surface area contributed by atoms with E-state index in [9.17, 15) is 19.2 Å². The van der Waals surface area contributed by atoms with Crippen molar-refractivity contribution in [2.75, 3.05) is 0 Å². The molecule has 0 spiro atoms. The van der Waals surface area contributed by atoms with E-state index in [0.29, 0.717) is 12.8 Å². The van der Waals surface area contributed by atoms with E-state index in [4.69, 9.17) is 11.5 Å². The molecule has 0 unspecified atom stereocenters. The van der Waals surface area contributed by atoms with Gasteiger partial charge in [-0.15, -0.1) is 0 Å². The number of rotatable bonds is 9. The van der Waals surface area contributed by atoms with Gasteiger partial charge in [0.1, 0.15) is 21.1 Å². The number of hydrogen-bond donors (Lipinski definition) is 4. The van der Waals surface area contributed by atoms with Crippen LogP contribution in [0.1, 0.15) is 12.8 Å². The molecule has 182 valence electrons. The minimum atomic E-state index is -2.09. The Balaban J connectivity index is 0. The number of carbonyl (C=O) groups excluding carboxylic acids is 4. The van der Waals surface area contributed by atoms with Crippen molar-refractivity contribution in [2.45, 2.75) is 96.1 Å².